The van der Waals surface area contributed by atoms with Crippen molar-refractivity contribution in [1.29, 1.82) is 0 Å². The molecule has 2 aliphatic rings. The number of nitrogens with one attached hydrogen (secondary N) is 1. The zero-order chi connectivity index (χ0) is 16.5. The first-order valence-electron chi connectivity index (χ1n) is 8.26. The molecule has 1 fully saturated rings. The second-order valence-corrected chi connectivity index (χ2v) is 7.04. The average molecular weight is 318 g/mol. The van der Waals surface area contributed by atoms with Gasteiger partial charge in [0.2, 0.25) is 0 Å². The highest BCUT2D eigenvalue weighted by atomic mass is 16.5. The summed E-state index contributed by atoms with van der Waals surface area (Å²) in [6.07, 6.45) is 1.96. The first kappa shape index (κ1) is 16.3. The molecule has 1 aliphatic carbocycles. The van der Waals surface area contributed by atoms with E-state index in [9.17, 15) is 4.79 Å². The lowest BCUT2D eigenvalue weighted by Crippen LogP contribution is -2.55. The summed E-state index contributed by atoms with van der Waals surface area (Å²) in [5, 5.41) is 2.98. The molecule has 1 aromatic carbocycles. The molecule has 1 aliphatic heterocycles. The number of benzene rings is 1. The Morgan fingerprint density at radius 1 is 1.43 bits per heavy atom. The Labute approximate surface area is 137 Å². The van der Waals surface area contributed by atoms with E-state index in [1.165, 1.54) is 11.1 Å². The summed E-state index contributed by atoms with van der Waals surface area (Å²) < 4.78 is 11.5. The van der Waals surface area contributed by atoms with Crippen LogP contribution in [0.25, 0.3) is 0 Å². The van der Waals surface area contributed by atoms with Crippen LogP contribution in [0.4, 0.5) is 4.79 Å². The fourth-order valence-electron chi connectivity index (χ4n) is 3.40. The normalized spacial score (nSPS) is 23.9. The summed E-state index contributed by atoms with van der Waals surface area (Å²) in [6.45, 7) is 6.23. The lowest BCUT2D eigenvalue weighted by Gasteiger charge is -2.41. The zero-order valence-corrected chi connectivity index (χ0v) is 14.2. The van der Waals surface area contributed by atoms with Crippen LogP contribution in [-0.4, -0.2) is 49.9 Å². The number of urea groups is 1. The van der Waals surface area contributed by atoms with Crippen molar-refractivity contribution in [2.45, 2.75) is 37.9 Å². The quantitative estimate of drug-likeness (QED) is 0.930. The van der Waals surface area contributed by atoms with Crippen LogP contribution < -0.4 is 5.32 Å². The lowest BCUT2D eigenvalue weighted by molar-refractivity contribution is -0.102. The third kappa shape index (κ3) is 3.21. The van der Waals surface area contributed by atoms with Gasteiger partial charge in [-0.2, -0.15) is 0 Å². The minimum atomic E-state index is -0.362. The van der Waals surface area contributed by atoms with Gasteiger partial charge >= 0.3 is 6.03 Å². The Kier molecular flexibility index (Phi) is 4.34. The van der Waals surface area contributed by atoms with Gasteiger partial charge in [0, 0.05) is 20.2 Å². The van der Waals surface area contributed by atoms with Gasteiger partial charge < -0.3 is 19.7 Å². The van der Waals surface area contributed by atoms with E-state index in [2.05, 4.69) is 29.6 Å². The van der Waals surface area contributed by atoms with Crippen molar-refractivity contribution in [2.24, 2.45) is 0 Å². The smallest absolute Gasteiger partial charge is 0.317 e. The third-order valence-electron chi connectivity index (χ3n) is 5.00. The van der Waals surface area contributed by atoms with Crippen LogP contribution in [0.2, 0.25) is 0 Å². The summed E-state index contributed by atoms with van der Waals surface area (Å²) in [5.41, 5.74) is 1.90. The van der Waals surface area contributed by atoms with Crippen molar-refractivity contribution in [3.8, 4) is 0 Å². The van der Waals surface area contributed by atoms with Crippen LogP contribution in [-0.2, 0) is 21.5 Å². The second kappa shape index (κ2) is 6.13. The molecule has 1 saturated heterocycles. The largest absolute Gasteiger partial charge is 0.377 e. The molecule has 5 nitrogen and oxygen atoms in total. The number of rotatable bonds is 3. The van der Waals surface area contributed by atoms with Crippen molar-refractivity contribution in [3.05, 3.63) is 35.4 Å². The van der Waals surface area contributed by atoms with Gasteiger partial charge in [0.15, 0.2) is 0 Å². The molecule has 0 aromatic heterocycles. The Hall–Kier alpha value is -1.59. The highest BCUT2D eigenvalue weighted by Gasteiger charge is 2.44. The molecule has 1 N–H and O–H groups in total. The van der Waals surface area contributed by atoms with Gasteiger partial charge in [0.05, 0.1) is 18.8 Å². The van der Waals surface area contributed by atoms with Crippen molar-refractivity contribution in [1.82, 2.24) is 10.2 Å². The monoisotopic (exact) mass is 318 g/mol. The standard InChI is InChI=1S/C18H26N2O3/c1-17(2,22-3)12-19-16(21)20-10-11-23-18(13-20)9-8-14-6-4-5-7-15(14)18/h4-7H,8-13H2,1-3H3,(H,19,21)/t18-/m0/s1. The SMILES string of the molecule is COC(C)(C)CNC(=O)N1CCO[C@@]2(CCc3ccccc32)C1. The van der Waals surface area contributed by atoms with Crippen molar-refractivity contribution in [2.75, 3.05) is 33.4 Å². The number of methoxy groups -OCH3 is 1. The highest BCUT2D eigenvalue weighted by Crippen LogP contribution is 2.42. The molecule has 2 amide bonds. The molecule has 126 valence electrons. The molecule has 1 heterocycles. The molecular weight excluding hydrogens is 292 g/mol. The summed E-state index contributed by atoms with van der Waals surface area (Å²) in [5.74, 6) is 0. The van der Waals surface area contributed by atoms with Crippen molar-refractivity contribution >= 4 is 6.03 Å². The number of carbonyl (C=O) groups excluding carboxylic acids is 1. The van der Waals surface area contributed by atoms with Crippen LogP contribution in [0, 0.1) is 0 Å². The maximum Gasteiger partial charge on any atom is 0.317 e. The molecule has 1 aromatic rings. The number of carbonyl (C=O) groups is 1. The minimum absolute atomic E-state index is 0.0396. The van der Waals surface area contributed by atoms with Crippen LogP contribution in [0.5, 0.6) is 0 Å². The zero-order valence-electron chi connectivity index (χ0n) is 14.2. The van der Waals surface area contributed by atoms with E-state index in [0.29, 0.717) is 26.2 Å². The fraction of sp³-hybridized carbons (Fsp3) is 0.611. The molecule has 0 unspecified atom stereocenters. The summed E-state index contributed by atoms with van der Waals surface area (Å²) in [7, 11) is 1.66. The predicted molar refractivity (Wildman–Crippen MR) is 88.5 cm³/mol. The number of ether oxygens (including phenoxy) is 2. The van der Waals surface area contributed by atoms with E-state index >= 15 is 0 Å². The number of fused-ring (bicyclic) bond motifs is 2. The predicted octanol–water partition coefficient (Wildman–Crippen LogP) is 2.29. The minimum Gasteiger partial charge on any atom is -0.377 e. The highest BCUT2D eigenvalue weighted by molar-refractivity contribution is 5.74. The number of morpholine rings is 1. The topological polar surface area (TPSA) is 50.8 Å². The van der Waals surface area contributed by atoms with Gasteiger partial charge in [0.25, 0.3) is 0 Å². The fourth-order valence-corrected chi connectivity index (χ4v) is 3.40. The number of hydrogen-bond donors (Lipinski definition) is 1. The molecule has 3 rings (SSSR count). The van der Waals surface area contributed by atoms with E-state index < -0.39 is 0 Å². The molecule has 0 radical (unpaired) electrons. The van der Waals surface area contributed by atoms with Crippen molar-refractivity contribution < 1.29 is 14.3 Å². The third-order valence-corrected chi connectivity index (χ3v) is 5.00. The lowest BCUT2D eigenvalue weighted by atomic mass is 9.94. The van der Waals surface area contributed by atoms with Crippen LogP contribution >= 0.6 is 0 Å². The van der Waals surface area contributed by atoms with E-state index in [1.807, 2.05) is 18.7 Å². The summed E-state index contributed by atoms with van der Waals surface area (Å²) >= 11 is 0. The maximum atomic E-state index is 12.5. The molecular formula is C18H26N2O3. The molecule has 1 spiro atoms. The molecule has 23 heavy (non-hydrogen) atoms. The van der Waals surface area contributed by atoms with Gasteiger partial charge in [0.1, 0.15) is 5.60 Å². The Bertz CT molecular complexity index is 583. The maximum absolute atomic E-state index is 12.5. The van der Waals surface area contributed by atoms with E-state index in [4.69, 9.17) is 9.47 Å². The van der Waals surface area contributed by atoms with E-state index in [1.54, 1.807) is 7.11 Å². The average Bonchev–Trinajstić information content (AvgIpc) is 2.91. The first-order chi connectivity index (χ1) is 11.0. The van der Waals surface area contributed by atoms with Crippen LogP contribution in [0.15, 0.2) is 24.3 Å². The molecule has 0 bridgehead atoms. The van der Waals surface area contributed by atoms with Gasteiger partial charge in [-0.3, -0.25) is 0 Å². The van der Waals surface area contributed by atoms with E-state index in [-0.39, 0.29) is 17.2 Å². The molecule has 5 heteroatoms. The summed E-state index contributed by atoms with van der Waals surface area (Å²) in [4.78, 5) is 14.4. The van der Waals surface area contributed by atoms with Gasteiger partial charge in [-0.25, -0.2) is 4.79 Å². The Balaban J connectivity index is 1.69. The molecule has 0 saturated carbocycles. The van der Waals surface area contributed by atoms with Crippen molar-refractivity contribution in [3.63, 3.8) is 0 Å². The Morgan fingerprint density at radius 3 is 3.00 bits per heavy atom. The number of amides is 2. The van der Waals surface area contributed by atoms with Crippen LogP contribution in [0.1, 0.15) is 31.4 Å². The number of aryl methyl sites for hydroxylation is 1. The van der Waals surface area contributed by atoms with Gasteiger partial charge in [-0.15, -0.1) is 0 Å². The second-order valence-electron chi connectivity index (χ2n) is 7.04. The van der Waals surface area contributed by atoms with Crippen LogP contribution in [0.3, 0.4) is 0 Å². The number of nitrogens with zero attached hydrogens (tertiary/aromatic N) is 1. The van der Waals surface area contributed by atoms with E-state index in [0.717, 1.165) is 12.8 Å². The number of hydrogen-bond acceptors (Lipinski definition) is 3. The Morgan fingerprint density at radius 2 is 2.22 bits per heavy atom. The van der Waals surface area contributed by atoms with Gasteiger partial charge in [-0.1, -0.05) is 24.3 Å². The first-order valence-corrected chi connectivity index (χ1v) is 8.26. The van der Waals surface area contributed by atoms with Gasteiger partial charge in [-0.05, 0) is 37.8 Å². The summed E-state index contributed by atoms with van der Waals surface area (Å²) in [6, 6.07) is 8.38. The molecule has 1 atom stereocenters.